The lowest BCUT2D eigenvalue weighted by Gasteiger charge is -2.20. The minimum Gasteiger partial charge on any atom is -0.323 e. The first-order valence-electron chi connectivity index (χ1n) is 8.64. The van der Waals surface area contributed by atoms with Crippen molar-refractivity contribution in [2.24, 2.45) is 0 Å². The molecular formula is C20H26N4O2. The SMILES string of the molecule is CCN(C(C)=O)c1ccc(NC(=O)N(C)Cc2ccc(C)c(C)c2)cn1. The minimum atomic E-state index is -0.211. The average molecular weight is 354 g/mol. The summed E-state index contributed by atoms with van der Waals surface area (Å²) in [5.41, 5.74) is 4.12. The van der Waals surface area contributed by atoms with Crippen molar-refractivity contribution in [2.75, 3.05) is 23.8 Å². The summed E-state index contributed by atoms with van der Waals surface area (Å²) in [5, 5.41) is 2.82. The van der Waals surface area contributed by atoms with Gasteiger partial charge in [-0.15, -0.1) is 0 Å². The van der Waals surface area contributed by atoms with Crippen LogP contribution in [0.15, 0.2) is 36.5 Å². The van der Waals surface area contributed by atoms with Crippen LogP contribution in [0.4, 0.5) is 16.3 Å². The molecule has 3 amide bonds. The van der Waals surface area contributed by atoms with Crippen molar-refractivity contribution in [2.45, 2.75) is 34.2 Å². The second-order valence-electron chi connectivity index (χ2n) is 6.37. The van der Waals surface area contributed by atoms with Gasteiger partial charge in [-0.05, 0) is 49.6 Å². The third-order valence-corrected chi connectivity index (χ3v) is 4.31. The highest BCUT2D eigenvalue weighted by Gasteiger charge is 2.12. The predicted octanol–water partition coefficient (Wildman–Crippen LogP) is 3.74. The zero-order chi connectivity index (χ0) is 19.3. The zero-order valence-corrected chi connectivity index (χ0v) is 16.0. The summed E-state index contributed by atoms with van der Waals surface area (Å²) in [6.07, 6.45) is 1.56. The first kappa shape index (κ1) is 19.4. The molecule has 6 heteroatoms. The number of rotatable bonds is 5. The van der Waals surface area contributed by atoms with Crippen LogP contribution in [0.1, 0.15) is 30.5 Å². The fourth-order valence-corrected chi connectivity index (χ4v) is 2.63. The van der Waals surface area contributed by atoms with Gasteiger partial charge in [0.05, 0.1) is 11.9 Å². The number of benzene rings is 1. The maximum atomic E-state index is 12.4. The summed E-state index contributed by atoms with van der Waals surface area (Å²) in [7, 11) is 1.75. The molecular weight excluding hydrogens is 328 g/mol. The quantitative estimate of drug-likeness (QED) is 0.889. The Balaban J connectivity index is 2.00. The number of aryl methyl sites for hydroxylation is 2. The van der Waals surface area contributed by atoms with Crippen molar-refractivity contribution >= 4 is 23.4 Å². The van der Waals surface area contributed by atoms with E-state index in [1.165, 1.54) is 18.1 Å². The smallest absolute Gasteiger partial charge is 0.321 e. The molecule has 0 unspecified atom stereocenters. The zero-order valence-electron chi connectivity index (χ0n) is 16.0. The minimum absolute atomic E-state index is 0.0649. The highest BCUT2D eigenvalue weighted by molar-refractivity contribution is 5.91. The molecule has 1 heterocycles. The summed E-state index contributed by atoms with van der Waals surface area (Å²) in [4.78, 5) is 31.4. The van der Waals surface area contributed by atoms with E-state index in [-0.39, 0.29) is 11.9 Å². The topological polar surface area (TPSA) is 65.5 Å². The van der Waals surface area contributed by atoms with Crippen LogP contribution in [0.5, 0.6) is 0 Å². The van der Waals surface area contributed by atoms with Crippen molar-refractivity contribution in [3.8, 4) is 0 Å². The second-order valence-corrected chi connectivity index (χ2v) is 6.37. The lowest BCUT2D eigenvalue weighted by atomic mass is 10.1. The molecule has 2 rings (SSSR count). The van der Waals surface area contributed by atoms with Crippen LogP contribution in [0.25, 0.3) is 0 Å². The summed E-state index contributed by atoms with van der Waals surface area (Å²) >= 11 is 0. The lowest BCUT2D eigenvalue weighted by molar-refractivity contribution is -0.116. The highest BCUT2D eigenvalue weighted by Crippen LogP contribution is 2.16. The molecule has 0 saturated heterocycles. The molecule has 0 bridgehead atoms. The number of amides is 3. The Kier molecular flexibility index (Phi) is 6.33. The third-order valence-electron chi connectivity index (χ3n) is 4.31. The Morgan fingerprint density at radius 2 is 1.85 bits per heavy atom. The van der Waals surface area contributed by atoms with Gasteiger partial charge < -0.3 is 10.2 Å². The number of hydrogen-bond donors (Lipinski definition) is 1. The van der Waals surface area contributed by atoms with Gasteiger partial charge in [-0.2, -0.15) is 0 Å². The van der Waals surface area contributed by atoms with Crippen molar-refractivity contribution in [1.82, 2.24) is 9.88 Å². The Bertz CT molecular complexity index is 787. The van der Waals surface area contributed by atoms with Crippen LogP contribution >= 0.6 is 0 Å². The molecule has 0 spiro atoms. The van der Waals surface area contributed by atoms with Gasteiger partial charge in [-0.1, -0.05) is 18.2 Å². The molecule has 6 nitrogen and oxygen atoms in total. The molecule has 1 N–H and O–H groups in total. The summed E-state index contributed by atoms with van der Waals surface area (Å²) < 4.78 is 0. The third kappa shape index (κ3) is 4.81. The second kappa shape index (κ2) is 8.47. The van der Waals surface area contributed by atoms with E-state index in [9.17, 15) is 9.59 Å². The molecule has 1 aromatic heterocycles. The van der Waals surface area contributed by atoms with Gasteiger partial charge >= 0.3 is 6.03 Å². The number of nitrogens with one attached hydrogen (secondary N) is 1. The maximum Gasteiger partial charge on any atom is 0.321 e. The maximum absolute atomic E-state index is 12.4. The van der Waals surface area contributed by atoms with Gasteiger partial charge in [0.25, 0.3) is 0 Å². The van der Waals surface area contributed by atoms with E-state index in [0.29, 0.717) is 24.6 Å². The molecule has 0 saturated carbocycles. The number of pyridine rings is 1. The molecule has 0 atom stereocenters. The van der Waals surface area contributed by atoms with Gasteiger partial charge in [0.2, 0.25) is 5.91 Å². The van der Waals surface area contributed by atoms with E-state index in [4.69, 9.17) is 0 Å². The standard InChI is InChI=1S/C20H26N4O2/c1-6-24(16(4)25)19-10-9-18(12-21-19)22-20(26)23(5)13-17-8-7-14(2)15(3)11-17/h7-12H,6,13H2,1-5H3,(H,22,26). The summed E-state index contributed by atoms with van der Waals surface area (Å²) in [5.74, 6) is 0.506. The monoisotopic (exact) mass is 354 g/mol. The van der Waals surface area contributed by atoms with Crippen LogP contribution in [0.3, 0.4) is 0 Å². The van der Waals surface area contributed by atoms with Gasteiger partial charge in [0.15, 0.2) is 0 Å². The molecule has 0 radical (unpaired) electrons. The molecule has 2 aromatic rings. The number of urea groups is 1. The van der Waals surface area contributed by atoms with Gasteiger partial charge in [-0.3, -0.25) is 9.69 Å². The van der Waals surface area contributed by atoms with Gasteiger partial charge in [-0.25, -0.2) is 9.78 Å². The number of aromatic nitrogens is 1. The summed E-state index contributed by atoms with van der Waals surface area (Å²) in [6.45, 7) is 8.59. The van der Waals surface area contributed by atoms with E-state index in [1.54, 1.807) is 35.2 Å². The highest BCUT2D eigenvalue weighted by atomic mass is 16.2. The Morgan fingerprint density at radius 3 is 2.38 bits per heavy atom. The van der Waals surface area contributed by atoms with Crippen LogP contribution in [-0.2, 0) is 11.3 Å². The van der Waals surface area contributed by atoms with Crippen LogP contribution in [0.2, 0.25) is 0 Å². The van der Waals surface area contributed by atoms with E-state index >= 15 is 0 Å². The fraction of sp³-hybridized carbons (Fsp3) is 0.350. The van der Waals surface area contributed by atoms with E-state index in [1.807, 2.05) is 13.0 Å². The predicted molar refractivity (Wildman–Crippen MR) is 104 cm³/mol. The van der Waals surface area contributed by atoms with Crippen LogP contribution in [0, 0.1) is 13.8 Å². The largest absolute Gasteiger partial charge is 0.323 e. The van der Waals surface area contributed by atoms with Crippen molar-refractivity contribution in [3.63, 3.8) is 0 Å². The molecule has 0 aliphatic carbocycles. The van der Waals surface area contributed by atoms with Gasteiger partial charge in [0, 0.05) is 27.1 Å². The molecule has 138 valence electrons. The number of anilines is 2. The van der Waals surface area contributed by atoms with E-state index in [0.717, 1.165) is 5.56 Å². The molecule has 1 aromatic carbocycles. The first-order valence-corrected chi connectivity index (χ1v) is 8.64. The van der Waals surface area contributed by atoms with Crippen molar-refractivity contribution in [3.05, 3.63) is 53.2 Å². The van der Waals surface area contributed by atoms with E-state index < -0.39 is 0 Å². The van der Waals surface area contributed by atoms with Crippen LogP contribution in [-0.4, -0.2) is 35.4 Å². The van der Waals surface area contributed by atoms with Crippen molar-refractivity contribution in [1.29, 1.82) is 0 Å². The lowest BCUT2D eigenvalue weighted by Crippen LogP contribution is -2.31. The fourth-order valence-electron chi connectivity index (χ4n) is 2.63. The number of carbonyl (C=O) groups is 2. The van der Waals surface area contributed by atoms with Crippen LogP contribution < -0.4 is 10.2 Å². The van der Waals surface area contributed by atoms with E-state index in [2.05, 4.69) is 36.3 Å². The molecule has 0 aliphatic rings. The molecule has 0 aliphatic heterocycles. The molecule has 26 heavy (non-hydrogen) atoms. The van der Waals surface area contributed by atoms with Gasteiger partial charge in [0.1, 0.15) is 5.82 Å². The normalized spacial score (nSPS) is 10.3. The number of carbonyl (C=O) groups excluding carboxylic acids is 2. The van der Waals surface area contributed by atoms with Crippen molar-refractivity contribution < 1.29 is 9.59 Å². The molecule has 0 fully saturated rings. The number of nitrogens with zero attached hydrogens (tertiary/aromatic N) is 3. The Morgan fingerprint density at radius 1 is 1.12 bits per heavy atom. The first-order chi connectivity index (χ1) is 12.3. The Hall–Kier alpha value is -2.89. The Labute approximate surface area is 154 Å². The number of hydrogen-bond acceptors (Lipinski definition) is 3. The summed E-state index contributed by atoms with van der Waals surface area (Å²) in [6, 6.07) is 9.45. The average Bonchev–Trinajstić information content (AvgIpc) is 2.60.